The molecule has 0 aliphatic rings. The van der Waals surface area contributed by atoms with E-state index < -0.39 is 0 Å². The van der Waals surface area contributed by atoms with Gasteiger partial charge in [-0.3, -0.25) is 0 Å². The second-order valence-corrected chi connectivity index (χ2v) is 3.43. The average molecular weight is 191 g/mol. The van der Waals surface area contributed by atoms with Gasteiger partial charge in [0.1, 0.15) is 5.82 Å². The minimum Gasteiger partial charge on any atom is -0.334 e. The number of aryl methyl sites for hydroxylation is 1. The summed E-state index contributed by atoms with van der Waals surface area (Å²) in [6, 6.07) is 0.392. The van der Waals surface area contributed by atoms with Crippen LogP contribution in [0, 0.1) is 19.3 Å². The Bertz CT molecular complexity index is 309. The number of hydrogen-bond acceptors (Lipinski definition) is 2. The van der Waals surface area contributed by atoms with Gasteiger partial charge in [0.2, 0.25) is 0 Å². The molecular weight excluding hydrogens is 174 g/mol. The predicted octanol–water partition coefficient (Wildman–Crippen LogP) is 1.19. The van der Waals surface area contributed by atoms with Crippen molar-refractivity contribution in [1.82, 2.24) is 14.9 Å². The topological polar surface area (TPSA) is 29.9 Å². The summed E-state index contributed by atoms with van der Waals surface area (Å²) in [5.74, 6) is 3.69. The van der Waals surface area contributed by atoms with Gasteiger partial charge in [0, 0.05) is 37.9 Å². The first kappa shape index (κ1) is 10.8. The summed E-state index contributed by atoms with van der Waals surface area (Å²) in [5.41, 5.74) is 0. The van der Waals surface area contributed by atoms with E-state index in [9.17, 15) is 0 Å². The third-order valence-electron chi connectivity index (χ3n) is 2.19. The molecule has 1 heterocycles. The maximum Gasteiger partial charge on any atom is 0.105 e. The third-order valence-corrected chi connectivity index (χ3v) is 2.19. The number of rotatable bonds is 5. The van der Waals surface area contributed by atoms with Crippen LogP contribution in [-0.2, 0) is 6.54 Å². The number of nitrogens with zero attached hydrogens (tertiary/aromatic N) is 2. The normalized spacial score (nSPS) is 12.4. The number of hydrogen-bond donors (Lipinski definition) is 1. The standard InChI is InChI=1S/C11H17N3/c1-4-5-10(2)12-6-8-14-9-7-13-11(14)3/h1,7,9-10,12H,5-6,8H2,2-3H3. The molecule has 1 aromatic heterocycles. The highest BCUT2D eigenvalue weighted by Gasteiger charge is 1.99. The van der Waals surface area contributed by atoms with Gasteiger partial charge < -0.3 is 9.88 Å². The first-order chi connectivity index (χ1) is 6.74. The second kappa shape index (κ2) is 5.46. The van der Waals surface area contributed by atoms with Crippen LogP contribution in [0.15, 0.2) is 12.4 Å². The summed E-state index contributed by atoms with van der Waals surface area (Å²) in [6.45, 7) is 5.98. The van der Waals surface area contributed by atoms with E-state index >= 15 is 0 Å². The molecule has 0 aliphatic heterocycles. The Morgan fingerprint density at radius 3 is 3.07 bits per heavy atom. The summed E-state index contributed by atoms with van der Waals surface area (Å²) in [4.78, 5) is 4.15. The molecule has 0 spiro atoms. The van der Waals surface area contributed by atoms with Crippen LogP contribution in [0.1, 0.15) is 19.2 Å². The molecule has 0 aromatic carbocycles. The molecule has 76 valence electrons. The highest BCUT2D eigenvalue weighted by atomic mass is 15.1. The van der Waals surface area contributed by atoms with Crippen molar-refractivity contribution in [1.29, 1.82) is 0 Å². The molecule has 0 bridgehead atoms. The molecule has 1 atom stereocenters. The molecule has 3 nitrogen and oxygen atoms in total. The van der Waals surface area contributed by atoms with Crippen LogP contribution in [0.2, 0.25) is 0 Å². The Hall–Kier alpha value is -1.27. The molecule has 0 aliphatic carbocycles. The van der Waals surface area contributed by atoms with E-state index in [1.54, 1.807) is 0 Å². The minimum atomic E-state index is 0.392. The quantitative estimate of drug-likeness (QED) is 0.709. The zero-order valence-electron chi connectivity index (χ0n) is 8.83. The third kappa shape index (κ3) is 3.23. The van der Waals surface area contributed by atoms with Crippen LogP contribution in [0.25, 0.3) is 0 Å². The maximum absolute atomic E-state index is 5.21. The van der Waals surface area contributed by atoms with Crippen molar-refractivity contribution >= 4 is 0 Å². The van der Waals surface area contributed by atoms with Gasteiger partial charge in [-0.05, 0) is 13.8 Å². The van der Waals surface area contributed by atoms with E-state index in [0.717, 1.165) is 25.3 Å². The first-order valence-electron chi connectivity index (χ1n) is 4.88. The lowest BCUT2D eigenvalue weighted by molar-refractivity contribution is 0.517. The highest BCUT2D eigenvalue weighted by Crippen LogP contribution is 1.94. The van der Waals surface area contributed by atoms with Gasteiger partial charge in [0.15, 0.2) is 0 Å². The second-order valence-electron chi connectivity index (χ2n) is 3.43. The van der Waals surface area contributed by atoms with E-state index in [0.29, 0.717) is 6.04 Å². The summed E-state index contributed by atoms with van der Waals surface area (Å²) >= 11 is 0. The molecule has 0 saturated heterocycles. The van der Waals surface area contributed by atoms with Crippen LogP contribution < -0.4 is 5.32 Å². The van der Waals surface area contributed by atoms with E-state index in [2.05, 4.69) is 27.7 Å². The van der Waals surface area contributed by atoms with E-state index in [1.807, 2.05) is 19.3 Å². The van der Waals surface area contributed by atoms with Crippen molar-refractivity contribution in [3.8, 4) is 12.3 Å². The van der Waals surface area contributed by atoms with Crippen molar-refractivity contribution in [2.75, 3.05) is 6.54 Å². The molecule has 1 aromatic rings. The van der Waals surface area contributed by atoms with Crippen molar-refractivity contribution in [3.05, 3.63) is 18.2 Å². The smallest absolute Gasteiger partial charge is 0.105 e. The number of nitrogens with one attached hydrogen (secondary N) is 1. The fraction of sp³-hybridized carbons (Fsp3) is 0.545. The summed E-state index contributed by atoms with van der Waals surface area (Å²) in [7, 11) is 0. The molecule has 1 rings (SSSR count). The fourth-order valence-corrected chi connectivity index (χ4v) is 1.32. The number of terminal acetylenes is 1. The molecule has 3 heteroatoms. The van der Waals surface area contributed by atoms with Gasteiger partial charge in [-0.15, -0.1) is 12.3 Å². The van der Waals surface area contributed by atoms with Crippen molar-refractivity contribution in [3.63, 3.8) is 0 Å². The first-order valence-corrected chi connectivity index (χ1v) is 4.88. The Labute approximate surface area is 85.5 Å². The molecule has 0 fully saturated rings. The largest absolute Gasteiger partial charge is 0.334 e. The van der Waals surface area contributed by atoms with E-state index in [1.165, 1.54) is 0 Å². The zero-order chi connectivity index (χ0) is 10.4. The molecule has 1 unspecified atom stereocenters. The van der Waals surface area contributed by atoms with Gasteiger partial charge in [-0.25, -0.2) is 4.98 Å². The van der Waals surface area contributed by atoms with E-state index in [4.69, 9.17) is 6.42 Å². The van der Waals surface area contributed by atoms with Crippen molar-refractivity contribution in [2.24, 2.45) is 0 Å². The molecular formula is C11H17N3. The Morgan fingerprint density at radius 2 is 2.50 bits per heavy atom. The van der Waals surface area contributed by atoms with Crippen molar-refractivity contribution in [2.45, 2.75) is 32.9 Å². The lowest BCUT2D eigenvalue weighted by atomic mass is 10.2. The van der Waals surface area contributed by atoms with Crippen LogP contribution >= 0.6 is 0 Å². The SMILES string of the molecule is C#CCC(C)NCCn1ccnc1C. The predicted molar refractivity (Wildman–Crippen MR) is 57.9 cm³/mol. The van der Waals surface area contributed by atoms with Gasteiger partial charge >= 0.3 is 0 Å². The average Bonchev–Trinajstić information content (AvgIpc) is 2.52. The summed E-state index contributed by atoms with van der Waals surface area (Å²) in [5, 5.41) is 3.36. The van der Waals surface area contributed by atoms with Crippen LogP contribution in [0.3, 0.4) is 0 Å². The maximum atomic E-state index is 5.21. The van der Waals surface area contributed by atoms with Crippen LogP contribution in [-0.4, -0.2) is 22.1 Å². The molecule has 0 saturated carbocycles. The Balaban J connectivity index is 2.23. The molecule has 0 radical (unpaired) electrons. The highest BCUT2D eigenvalue weighted by molar-refractivity contribution is 4.90. The van der Waals surface area contributed by atoms with Crippen LogP contribution in [0.4, 0.5) is 0 Å². The minimum absolute atomic E-state index is 0.392. The Morgan fingerprint density at radius 1 is 1.71 bits per heavy atom. The zero-order valence-corrected chi connectivity index (χ0v) is 8.83. The summed E-state index contributed by atoms with van der Waals surface area (Å²) in [6.07, 6.45) is 9.80. The Kier molecular flexibility index (Phi) is 4.21. The lowest BCUT2D eigenvalue weighted by Gasteiger charge is -2.11. The summed E-state index contributed by atoms with van der Waals surface area (Å²) < 4.78 is 2.12. The van der Waals surface area contributed by atoms with Gasteiger partial charge in [-0.2, -0.15) is 0 Å². The van der Waals surface area contributed by atoms with Gasteiger partial charge in [0.25, 0.3) is 0 Å². The molecule has 14 heavy (non-hydrogen) atoms. The molecule has 0 amide bonds. The van der Waals surface area contributed by atoms with Crippen LogP contribution in [0.5, 0.6) is 0 Å². The van der Waals surface area contributed by atoms with Crippen molar-refractivity contribution < 1.29 is 0 Å². The number of imidazole rings is 1. The lowest BCUT2D eigenvalue weighted by Crippen LogP contribution is -2.29. The van der Waals surface area contributed by atoms with E-state index in [-0.39, 0.29) is 0 Å². The fourth-order valence-electron chi connectivity index (χ4n) is 1.32. The van der Waals surface area contributed by atoms with Gasteiger partial charge in [0.05, 0.1) is 0 Å². The molecule has 1 N–H and O–H groups in total. The monoisotopic (exact) mass is 191 g/mol. The number of aromatic nitrogens is 2. The van der Waals surface area contributed by atoms with Gasteiger partial charge in [-0.1, -0.05) is 0 Å².